The van der Waals surface area contributed by atoms with Crippen molar-refractivity contribution >= 4 is 5.91 Å². The van der Waals surface area contributed by atoms with Gasteiger partial charge in [0, 0.05) is 12.6 Å². The fourth-order valence-corrected chi connectivity index (χ4v) is 2.61. The standard InChI is InChI=1S/C21H20F3N3O4/c1-3-29-16-9-7-14(8-10-16)20-25-18(31-26-20)12-27(2)19(28)13-30-17-6-4-5-15(11-17)21(22,23)24/h4-11H,3,12-13H2,1-2H3. The van der Waals surface area contributed by atoms with Gasteiger partial charge in [-0.2, -0.15) is 18.2 Å². The van der Waals surface area contributed by atoms with Crippen molar-refractivity contribution in [1.29, 1.82) is 0 Å². The van der Waals surface area contributed by atoms with E-state index in [9.17, 15) is 18.0 Å². The molecule has 0 radical (unpaired) electrons. The molecule has 1 heterocycles. The molecule has 10 heteroatoms. The highest BCUT2D eigenvalue weighted by molar-refractivity contribution is 5.77. The maximum atomic E-state index is 12.8. The largest absolute Gasteiger partial charge is 0.494 e. The number of aromatic nitrogens is 2. The number of carbonyl (C=O) groups is 1. The number of carbonyl (C=O) groups excluding carboxylic acids is 1. The van der Waals surface area contributed by atoms with E-state index in [-0.39, 0.29) is 18.2 Å². The Hall–Kier alpha value is -3.56. The summed E-state index contributed by atoms with van der Waals surface area (Å²) in [5.74, 6) is 0.782. The van der Waals surface area contributed by atoms with Gasteiger partial charge in [0.25, 0.3) is 5.91 Å². The molecule has 3 rings (SSSR count). The van der Waals surface area contributed by atoms with Crippen molar-refractivity contribution < 1.29 is 32.0 Å². The van der Waals surface area contributed by atoms with E-state index in [0.717, 1.165) is 23.4 Å². The first-order chi connectivity index (χ1) is 14.8. The maximum absolute atomic E-state index is 12.8. The molecule has 0 aliphatic heterocycles. The number of likely N-dealkylation sites (N-methyl/N-ethyl adjacent to an activating group) is 1. The number of nitrogens with zero attached hydrogens (tertiary/aromatic N) is 3. The number of benzene rings is 2. The van der Waals surface area contributed by atoms with Crippen LogP contribution in [-0.2, 0) is 17.5 Å². The van der Waals surface area contributed by atoms with Crippen LogP contribution >= 0.6 is 0 Å². The van der Waals surface area contributed by atoms with E-state index in [1.807, 2.05) is 6.92 Å². The van der Waals surface area contributed by atoms with Crippen LogP contribution in [0.4, 0.5) is 13.2 Å². The van der Waals surface area contributed by atoms with Gasteiger partial charge < -0.3 is 18.9 Å². The molecule has 2 aromatic carbocycles. The zero-order valence-corrected chi connectivity index (χ0v) is 16.8. The van der Waals surface area contributed by atoms with Gasteiger partial charge in [-0.15, -0.1) is 0 Å². The number of hydrogen-bond acceptors (Lipinski definition) is 6. The van der Waals surface area contributed by atoms with Crippen molar-refractivity contribution in [3.8, 4) is 22.9 Å². The third kappa shape index (κ3) is 5.97. The second-order valence-corrected chi connectivity index (χ2v) is 6.53. The lowest BCUT2D eigenvalue weighted by atomic mass is 10.2. The monoisotopic (exact) mass is 435 g/mol. The fraction of sp³-hybridized carbons (Fsp3) is 0.286. The second-order valence-electron chi connectivity index (χ2n) is 6.53. The van der Waals surface area contributed by atoms with Crippen molar-refractivity contribution in [1.82, 2.24) is 15.0 Å². The zero-order chi connectivity index (χ0) is 22.4. The number of halogens is 3. The molecule has 1 aromatic heterocycles. The highest BCUT2D eigenvalue weighted by atomic mass is 19.4. The van der Waals surface area contributed by atoms with Gasteiger partial charge in [-0.3, -0.25) is 4.79 Å². The van der Waals surface area contributed by atoms with E-state index < -0.39 is 24.3 Å². The molecule has 0 unspecified atom stereocenters. The minimum absolute atomic E-state index is 0.0226. The summed E-state index contributed by atoms with van der Waals surface area (Å²) in [6.45, 7) is 2.04. The lowest BCUT2D eigenvalue weighted by Gasteiger charge is -2.15. The van der Waals surface area contributed by atoms with Crippen LogP contribution in [0.3, 0.4) is 0 Å². The predicted molar refractivity (Wildman–Crippen MR) is 104 cm³/mol. The van der Waals surface area contributed by atoms with Gasteiger partial charge in [-0.05, 0) is 49.4 Å². The van der Waals surface area contributed by atoms with Crippen LogP contribution in [0, 0.1) is 0 Å². The van der Waals surface area contributed by atoms with Gasteiger partial charge in [0.1, 0.15) is 11.5 Å². The van der Waals surface area contributed by atoms with Crippen molar-refractivity contribution in [2.24, 2.45) is 0 Å². The quantitative estimate of drug-likeness (QED) is 0.528. The van der Waals surface area contributed by atoms with Crippen LogP contribution < -0.4 is 9.47 Å². The first-order valence-electron chi connectivity index (χ1n) is 9.36. The van der Waals surface area contributed by atoms with Crippen LogP contribution in [0.25, 0.3) is 11.4 Å². The molecule has 7 nitrogen and oxygen atoms in total. The van der Waals surface area contributed by atoms with E-state index >= 15 is 0 Å². The van der Waals surface area contributed by atoms with Gasteiger partial charge >= 0.3 is 6.18 Å². The molecular weight excluding hydrogens is 415 g/mol. The van der Waals surface area contributed by atoms with Crippen LogP contribution in [0.2, 0.25) is 0 Å². The van der Waals surface area contributed by atoms with Gasteiger partial charge in [0.15, 0.2) is 6.61 Å². The first kappa shape index (κ1) is 22.1. The highest BCUT2D eigenvalue weighted by Gasteiger charge is 2.30. The normalized spacial score (nSPS) is 11.3. The lowest BCUT2D eigenvalue weighted by molar-refractivity contribution is -0.137. The van der Waals surface area contributed by atoms with E-state index in [4.69, 9.17) is 14.0 Å². The summed E-state index contributed by atoms with van der Waals surface area (Å²) in [5.41, 5.74) is -0.126. The maximum Gasteiger partial charge on any atom is 0.416 e. The van der Waals surface area contributed by atoms with Crippen molar-refractivity contribution in [2.45, 2.75) is 19.6 Å². The third-order valence-electron chi connectivity index (χ3n) is 4.21. The van der Waals surface area contributed by atoms with Crippen LogP contribution in [0.1, 0.15) is 18.4 Å². The SMILES string of the molecule is CCOc1ccc(-c2noc(CN(C)C(=O)COc3cccc(C(F)(F)F)c3)n2)cc1. The van der Waals surface area contributed by atoms with Crippen molar-refractivity contribution in [2.75, 3.05) is 20.3 Å². The Morgan fingerprint density at radius 3 is 2.52 bits per heavy atom. The fourth-order valence-electron chi connectivity index (χ4n) is 2.61. The molecule has 0 saturated carbocycles. The Labute approximate surface area is 176 Å². The van der Waals surface area contributed by atoms with Gasteiger partial charge in [-0.1, -0.05) is 11.2 Å². The molecule has 31 heavy (non-hydrogen) atoms. The zero-order valence-electron chi connectivity index (χ0n) is 16.8. The van der Waals surface area contributed by atoms with E-state index in [1.165, 1.54) is 24.1 Å². The second kappa shape index (κ2) is 9.50. The minimum Gasteiger partial charge on any atom is -0.494 e. The molecule has 0 atom stereocenters. The molecule has 0 saturated heterocycles. The van der Waals surface area contributed by atoms with Crippen LogP contribution in [0.15, 0.2) is 53.1 Å². The summed E-state index contributed by atoms with van der Waals surface area (Å²) < 4.78 is 54.0. The molecule has 164 valence electrons. The van der Waals surface area contributed by atoms with Gasteiger partial charge in [-0.25, -0.2) is 0 Å². The summed E-state index contributed by atoms with van der Waals surface area (Å²) in [6.07, 6.45) is -4.49. The number of amides is 1. The molecular formula is C21H20F3N3O4. The van der Waals surface area contributed by atoms with E-state index in [1.54, 1.807) is 24.3 Å². The minimum atomic E-state index is -4.49. The Kier molecular flexibility index (Phi) is 6.78. The van der Waals surface area contributed by atoms with E-state index in [2.05, 4.69) is 10.1 Å². The predicted octanol–water partition coefficient (Wildman–Crippen LogP) is 4.19. The van der Waals surface area contributed by atoms with Crippen LogP contribution in [0.5, 0.6) is 11.5 Å². The Balaban J connectivity index is 1.55. The number of alkyl halides is 3. The molecule has 3 aromatic rings. The average molecular weight is 435 g/mol. The third-order valence-corrected chi connectivity index (χ3v) is 4.21. The van der Waals surface area contributed by atoms with Gasteiger partial charge in [0.2, 0.25) is 11.7 Å². The Bertz CT molecular complexity index is 1020. The molecule has 0 bridgehead atoms. The number of hydrogen-bond donors (Lipinski definition) is 0. The number of ether oxygens (including phenoxy) is 2. The van der Waals surface area contributed by atoms with E-state index in [0.29, 0.717) is 12.4 Å². The summed E-state index contributed by atoms with van der Waals surface area (Å²) >= 11 is 0. The van der Waals surface area contributed by atoms with Crippen molar-refractivity contribution in [3.63, 3.8) is 0 Å². The topological polar surface area (TPSA) is 77.7 Å². The molecule has 0 N–H and O–H groups in total. The summed E-state index contributed by atoms with van der Waals surface area (Å²) in [4.78, 5) is 17.8. The molecule has 1 amide bonds. The lowest BCUT2D eigenvalue weighted by Crippen LogP contribution is -2.31. The summed E-state index contributed by atoms with van der Waals surface area (Å²) in [5, 5.41) is 3.90. The van der Waals surface area contributed by atoms with Crippen LogP contribution in [-0.4, -0.2) is 41.2 Å². The smallest absolute Gasteiger partial charge is 0.416 e. The molecule has 0 aliphatic carbocycles. The Morgan fingerprint density at radius 2 is 1.84 bits per heavy atom. The Morgan fingerprint density at radius 1 is 1.10 bits per heavy atom. The van der Waals surface area contributed by atoms with Crippen molar-refractivity contribution in [3.05, 3.63) is 60.0 Å². The average Bonchev–Trinajstić information content (AvgIpc) is 3.21. The van der Waals surface area contributed by atoms with Gasteiger partial charge in [0.05, 0.1) is 18.7 Å². The highest BCUT2D eigenvalue weighted by Crippen LogP contribution is 2.31. The number of rotatable bonds is 8. The summed E-state index contributed by atoms with van der Waals surface area (Å²) in [7, 11) is 1.50. The summed E-state index contributed by atoms with van der Waals surface area (Å²) in [6, 6.07) is 11.5. The first-order valence-corrected chi connectivity index (χ1v) is 9.36. The molecule has 0 aliphatic rings. The molecule has 0 fully saturated rings. The molecule has 0 spiro atoms.